The average Bonchev–Trinajstić information content (AvgIpc) is 2.71. The minimum absolute atomic E-state index is 0.0217. The highest BCUT2D eigenvalue weighted by Crippen LogP contribution is 2.23. The van der Waals surface area contributed by atoms with Crippen molar-refractivity contribution in [1.82, 2.24) is 9.55 Å². The van der Waals surface area contributed by atoms with Gasteiger partial charge in [0.15, 0.2) is 5.69 Å². The zero-order valence-corrected chi connectivity index (χ0v) is 9.54. The van der Waals surface area contributed by atoms with E-state index in [1.165, 1.54) is 6.20 Å². The van der Waals surface area contributed by atoms with Crippen LogP contribution >= 0.6 is 0 Å². The average molecular weight is 232 g/mol. The largest absolute Gasteiger partial charge is 0.495 e. The highest BCUT2D eigenvalue weighted by Gasteiger charge is 2.13. The fourth-order valence-corrected chi connectivity index (χ4v) is 1.65. The molecule has 0 aliphatic rings. The number of imidazole rings is 1. The first-order chi connectivity index (χ1) is 8.13. The predicted molar refractivity (Wildman–Crippen MR) is 61.8 cm³/mol. The maximum Gasteiger partial charge on any atom is 0.356 e. The third kappa shape index (κ3) is 1.99. The van der Waals surface area contributed by atoms with E-state index in [0.29, 0.717) is 11.6 Å². The lowest BCUT2D eigenvalue weighted by Crippen LogP contribution is -1.98. The number of hydrogen-bond acceptors (Lipinski definition) is 3. The molecule has 0 amide bonds. The zero-order chi connectivity index (χ0) is 12.4. The second-order valence-electron chi connectivity index (χ2n) is 3.52. The van der Waals surface area contributed by atoms with Gasteiger partial charge in [0.25, 0.3) is 0 Å². The minimum atomic E-state index is -1.04. The minimum Gasteiger partial charge on any atom is -0.495 e. The molecule has 2 aromatic rings. The molecule has 1 N–H and O–H groups in total. The third-order valence-electron chi connectivity index (χ3n) is 2.45. The summed E-state index contributed by atoms with van der Waals surface area (Å²) in [5.41, 5.74) is 0.793. The lowest BCUT2D eigenvalue weighted by atomic mass is 10.3. The monoisotopic (exact) mass is 232 g/mol. The van der Waals surface area contributed by atoms with Gasteiger partial charge in [-0.1, -0.05) is 12.1 Å². The van der Waals surface area contributed by atoms with Crippen molar-refractivity contribution in [2.24, 2.45) is 0 Å². The third-order valence-corrected chi connectivity index (χ3v) is 2.45. The van der Waals surface area contributed by atoms with Crippen LogP contribution in [0.2, 0.25) is 0 Å². The smallest absolute Gasteiger partial charge is 0.356 e. The van der Waals surface area contributed by atoms with Gasteiger partial charge in [-0.25, -0.2) is 9.78 Å². The van der Waals surface area contributed by atoms with Gasteiger partial charge in [0, 0.05) is 6.20 Å². The quantitative estimate of drug-likeness (QED) is 0.877. The van der Waals surface area contributed by atoms with E-state index in [-0.39, 0.29) is 5.69 Å². The van der Waals surface area contributed by atoms with Gasteiger partial charge in [-0.05, 0) is 19.1 Å². The predicted octanol–water partition coefficient (Wildman–Crippen LogP) is 1.89. The molecule has 0 spiro atoms. The van der Waals surface area contributed by atoms with E-state index in [0.717, 1.165) is 5.69 Å². The number of carbonyl (C=O) groups is 1. The molecule has 0 unspecified atom stereocenters. The molecule has 1 aromatic carbocycles. The molecule has 17 heavy (non-hydrogen) atoms. The van der Waals surface area contributed by atoms with Crippen molar-refractivity contribution >= 4 is 5.97 Å². The van der Waals surface area contributed by atoms with Crippen molar-refractivity contribution < 1.29 is 14.6 Å². The number of ether oxygens (including phenoxy) is 1. The number of benzene rings is 1. The number of carboxylic acid groups (broad SMARTS) is 1. The Balaban J connectivity index is 2.56. The Kier molecular flexibility index (Phi) is 2.82. The number of nitrogens with zero attached hydrogens (tertiary/aromatic N) is 2. The van der Waals surface area contributed by atoms with Crippen LogP contribution in [-0.2, 0) is 0 Å². The van der Waals surface area contributed by atoms with Gasteiger partial charge in [0.1, 0.15) is 11.6 Å². The molecule has 0 radical (unpaired) electrons. The van der Waals surface area contributed by atoms with Gasteiger partial charge >= 0.3 is 5.97 Å². The second kappa shape index (κ2) is 4.29. The Morgan fingerprint density at radius 2 is 2.12 bits per heavy atom. The summed E-state index contributed by atoms with van der Waals surface area (Å²) in [5.74, 6) is 0.235. The number of hydrogen-bond donors (Lipinski definition) is 1. The number of para-hydroxylation sites is 2. The molecule has 0 saturated heterocycles. The first kappa shape index (κ1) is 11.2. The normalized spacial score (nSPS) is 10.2. The Morgan fingerprint density at radius 3 is 2.71 bits per heavy atom. The van der Waals surface area contributed by atoms with Gasteiger partial charge in [0.05, 0.1) is 12.8 Å². The second-order valence-corrected chi connectivity index (χ2v) is 3.52. The summed E-state index contributed by atoms with van der Waals surface area (Å²) in [6.07, 6.45) is 1.48. The standard InChI is InChI=1S/C12H12N2O3/c1-8-13-9(12(15)16)7-14(8)10-5-3-4-6-11(10)17-2/h3-7H,1-2H3,(H,15,16). The van der Waals surface area contributed by atoms with Gasteiger partial charge in [0.2, 0.25) is 0 Å². The van der Waals surface area contributed by atoms with Crippen LogP contribution in [0, 0.1) is 6.92 Å². The highest BCUT2D eigenvalue weighted by atomic mass is 16.5. The van der Waals surface area contributed by atoms with Crippen LogP contribution in [0.3, 0.4) is 0 Å². The first-order valence-electron chi connectivity index (χ1n) is 5.06. The zero-order valence-electron chi connectivity index (χ0n) is 9.54. The van der Waals surface area contributed by atoms with Crippen LogP contribution < -0.4 is 4.74 Å². The SMILES string of the molecule is COc1ccccc1-n1cc(C(=O)O)nc1C. The molecule has 5 heteroatoms. The van der Waals surface area contributed by atoms with Crippen molar-refractivity contribution in [3.63, 3.8) is 0 Å². The van der Waals surface area contributed by atoms with Crippen LogP contribution in [0.1, 0.15) is 16.3 Å². The van der Waals surface area contributed by atoms with Gasteiger partial charge < -0.3 is 9.84 Å². The highest BCUT2D eigenvalue weighted by molar-refractivity contribution is 5.85. The van der Waals surface area contributed by atoms with Gasteiger partial charge in [-0.2, -0.15) is 0 Å². The molecule has 0 aliphatic carbocycles. The molecular weight excluding hydrogens is 220 g/mol. The molecule has 2 rings (SSSR count). The summed E-state index contributed by atoms with van der Waals surface area (Å²) < 4.78 is 6.93. The molecule has 88 valence electrons. The van der Waals surface area contributed by atoms with Crippen LogP contribution in [0.4, 0.5) is 0 Å². The van der Waals surface area contributed by atoms with Crippen molar-refractivity contribution in [3.05, 3.63) is 42.0 Å². The summed E-state index contributed by atoms with van der Waals surface area (Å²) in [6, 6.07) is 7.37. The molecule has 0 fully saturated rings. The molecule has 1 aromatic heterocycles. The van der Waals surface area contributed by atoms with Crippen LogP contribution in [0.15, 0.2) is 30.5 Å². The maximum absolute atomic E-state index is 10.8. The van der Waals surface area contributed by atoms with Crippen molar-refractivity contribution in [2.75, 3.05) is 7.11 Å². The van der Waals surface area contributed by atoms with Crippen molar-refractivity contribution in [1.29, 1.82) is 0 Å². The lowest BCUT2D eigenvalue weighted by molar-refractivity contribution is 0.0691. The summed E-state index contributed by atoms with van der Waals surface area (Å²) in [5, 5.41) is 8.89. The number of carboxylic acids is 1. The fraction of sp³-hybridized carbons (Fsp3) is 0.167. The van der Waals surface area contributed by atoms with E-state index in [9.17, 15) is 4.79 Å². The lowest BCUT2D eigenvalue weighted by Gasteiger charge is -2.09. The molecule has 1 heterocycles. The van der Waals surface area contributed by atoms with Gasteiger partial charge in [-0.3, -0.25) is 4.57 Å². The maximum atomic E-state index is 10.8. The number of aromatic nitrogens is 2. The van der Waals surface area contributed by atoms with Crippen LogP contribution in [0.25, 0.3) is 5.69 Å². The number of methoxy groups -OCH3 is 1. The summed E-state index contributed by atoms with van der Waals surface area (Å²) in [4.78, 5) is 14.8. The molecule has 0 bridgehead atoms. The van der Waals surface area contributed by atoms with Gasteiger partial charge in [-0.15, -0.1) is 0 Å². The van der Waals surface area contributed by atoms with Crippen molar-refractivity contribution in [2.45, 2.75) is 6.92 Å². The Morgan fingerprint density at radius 1 is 1.41 bits per heavy atom. The van der Waals surface area contributed by atoms with Crippen LogP contribution in [-0.4, -0.2) is 27.7 Å². The molecule has 0 atom stereocenters. The topological polar surface area (TPSA) is 64.3 Å². The van der Waals surface area contributed by atoms with Crippen molar-refractivity contribution in [3.8, 4) is 11.4 Å². The van der Waals surface area contributed by atoms with E-state index in [1.807, 2.05) is 24.3 Å². The summed E-state index contributed by atoms with van der Waals surface area (Å²) in [6.45, 7) is 1.75. The van der Waals surface area contributed by atoms with Crippen LogP contribution in [0.5, 0.6) is 5.75 Å². The van der Waals surface area contributed by atoms with E-state index < -0.39 is 5.97 Å². The molecule has 5 nitrogen and oxygen atoms in total. The molecular formula is C12H12N2O3. The molecule has 0 saturated carbocycles. The Hall–Kier alpha value is -2.30. The Bertz CT molecular complexity index is 561. The molecule has 0 aliphatic heterocycles. The summed E-state index contributed by atoms with van der Waals surface area (Å²) in [7, 11) is 1.57. The van der Waals surface area contributed by atoms with E-state index in [4.69, 9.17) is 9.84 Å². The van der Waals surface area contributed by atoms with E-state index in [2.05, 4.69) is 4.98 Å². The first-order valence-corrected chi connectivity index (χ1v) is 5.06. The fourth-order valence-electron chi connectivity index (χ4n) is 1.65. The summed E-state index contributed by atoms with van der Waals surface area (Å²) >= 11 is 0. The number of aromatic carboxylic acids is 1. The number of aryl methyl sites for hydroxylation is 1. The number of rotatable bonds is 3. The van der Waals surface area contributed by atoms with E-state index >= 15 is 0 Å². The Labute approximate surface area is 98.3 Å². The van der Waals surface area contributed by atoms with E-state index in [1.54, 1.807) is 18.6 Å².